The van der Waals surface area contributed by atoms with Gasteiger partial charge < -0.3 is 14.8 Å². The molecule has 1 aromatic carbocycles. The van der Waals surface area contributed by atoms with Gasteiger partial charge in [-0.25, -0.2) is 0 Å². The number of hydrogen-bond acceptors (Lipinski definition) is 3. The molecular formula is C12H12ClNO3. The molecule has 0 saturated carbocycles. The average molecular weight is 254 g/mol. The summed E-state index contributed by atoms with van der Waals surface area (Å²) in [6.07, 6.45) is 0.952. The highest BCUT2D eigenvalue weighted by Crippen LogP contribution is 2.33. The summed E-state index contributed by atoms with van der Waals surface area (Å²) in [7, 11) is 0. The van der Waals surface area contributed by atoms with E-state index in [1.807, 2.05) is 0 Å². The van der Waals surface area contributed by atoms with E-state index in [0.717, 1.165) is 0 Å². The molecule has 2 rings (SSSR count). The first-order valence-corrected chi connectivity index (χ1v) is 5.56. The van der Waals surface area contributed by atoms with Gasteiger partial charge in [-0.05, 0) is 12.1 Å². The molecule has 0 aromatic heterocycles. The summed E-state index contributed by atoms with van der Waals surface area (Å²) in [5.74, 6) is 0.861. The van der Waals surface area contributed by atoms with Crippen LogP contribution in [0.4, 0.5) is 0 Å². The Morgan fingerprint density at radius 2 is 2.41 bits per heavy atom. The Morgan fingerprint density at radius 3 is 3.18 bits per heavy atom. The van der Waals surface area contributed by atoms with Crippen molar-refractivity contribution in [3.63, 3.8) is 0 Å². The SMILES string of the molecule is C=CCNC(=O)C1COc2ccc(Cl)cc2O1. The van der Waals surface area contributed by atoms with Crippen LogP contribution >= 0.6 is 11.6 Å². The third-order valence-electron chi connectivity index (χ3n) is 2.28. The third kappa shape index (κ3) is 2.71. The maximum absolute atomic E-state index is 11.7. The van der Waals surface area contributed by atoms with E-state index in [1.54, 1.807) is 24.3 Å². The number of hydrogen-bond donors (Lipinski definition) is 1. The summed E-state index contributed by atoms with van der Waals surface area (Å²) in [5.41, 5.74) is 0. The van der Waals surface area contributed by atoms with Gasteiger partial charge in [-0.3, -0.25) is 4.79 Å². The van der Waals surface area contributed by atoms with Crippen molar-refractivity contribution < 1.29 is 14.3 Å². The monoisotopic (exact) mass is 253 g/mol. The minimum atomic E-state index is -0.652. The van der Waals surface area contributed by atoms with Gasteiger partial charge in [0.2, 0.25) is 6.10 Å². The highest BCUT2D eigenvalue weighted by molar-refractivity contribution is 6.30. The number of carbonyl (C=O) groups excluding carboxylic acids is 1. The summed E-state index contributed by atoms with van der Waals surface area (Å²) in [6.45, 7) is 4.12. The van der Waals surface area contributed by atoms with Crippen molar-refractivity contribution in [2.24, 2.45) is 0 Å². The molecule has 0 radical (unpaired) electrons. The van der Waals surface area contributed by atoms with Crippen LogP contribution in [0.3, 0.4) is 0 Å². The minimum absolute atomic E-state index is 0.192. The highest BCUT2D eigenvalue weighted by Gasteiger charge is 2.27. The van der Waals surface area contributed by atoms with Gasteiger partial charge in [-0.2, -0.15) is 0 Å². The Hall–Kier alpha value is -1.68. The van der Waals surface area contributed by atoms with E-state index >= 15 is 0 Å². The fourth-order valence-corrected chi connectivity index (χ4v) is 1.62. The number of nitrogens with one attached hydrogen (secondary N) is 1. The topological polar surface area (TPSA) is 47.6 Å². The molecule has 90 valence electrons. The van der Waals surface area contributed by atoms with Crippen LogP contribution in [-0.4, -0.2) is 25.2 Å². The van der Waals surface area contributed by atoms with Crippen LogP contribution in [0.1, 0.15) is 0 Å². The van der Waals surface area contributed by atoms with E-state index < -0.39 is 6.10 Å². The summed E-state index contributed by atoms with van der Waals surface area (Å²) >= 11 is 5.84. The van der Waals surface area contributed by atoms with Crippen LogP contribution in [0.2, 0.25) is 5.02 Å². The highest BCUT2D eigenvalue weighted by atomic mass is 35.5. The van der Waals surface area contributed by atoms with Crippen LogP contribution in [0.15, 0.2) is 30.9 Å². The van der Waals surface area contributed by atoms with Gasteiger partial charge in [0.25, 0.3) is 5.91 Å². The normalized spacial score (nSPS) is 17.4. The molecule has 0 saturated heterocycles. The average Bonchev–Trinajstić information content (AvgIpc) is 2.35. The number of rotatable bonds is 3. The fraction of sp³-hybridized carbons (Fsp3) is 0.250. The number of fused-ring (bicyclic) bond motifs is 1. The number of carbonyl (C=O) groups is 1. The second kappa shape index (κ2) is 5.10. The number of benzene rings is 1. The molecule has 0 fully saturated rings. The van der Waals surface area contributed by atoms with E-state index in [2.05, 4.69) is 11.9 Å². The molecule has 4 nitrogen and oxygen atoms in total. The molecule has 1 aromatic rings. The number of amides is 1. The van der Waals surface area contributed by atoms with Gasteiger partial charge in [0, 0.05) is 17.6 Å². The zero-order valence-corrected chi connectivity index (χ0v) is 9.87. The largest absolute Gasteiger partial charge is 0.485 e. The van der Waals surface area contributed by atoms with Crippen molar-refractivity contribution in [1.29, 1.82) is 0 Å². The van der Waals surface area contributed by atoms with Crippen LogP contribution < -0.4 is 14.8 Å². The van der Waals surface area contributed by atoms with Crippen molar-refractivity contribution in [3.8, 4) is 11.5 Å². The Morgan fingerprint density at radius 1 is 1.59 bits per heavy atom. The Labute approximate surface area is 104 Å². The maximum atomic E-state index is 11.7. The van der Waals surface area contributed by atoms with E-state index in [1.165, 1.54) is 0 Å². The number of ether oxygens (including phenoxy) is 2. The second-order valence-electron chi connectivity index (χ2n) is 3.54. The molecule has 0 spiro atoms. The molecule has 5 heteroatoms. The first-order valence-electron chi connectivity index (χ1n) is 5.18. The van der Waals surface area contributed by atoms with E-state index in [9.17, 15) is 4.79 Å². The lowest BCUT2D eigenvalue weighted by Crippen LogP contribution is -2.44. The predicted octanol–water partition coefficient (Wildman–Crippen LogP) is 1.78. The van der Waals surface area contributed by atoms with E-state index in [4.69, 9.17) is 21.1 Å². The summed E-state index contributed by atoms with van der Waals surface area (Å²) in [6, 6.07) is 5.06. The molecule has 1 heterocycles. The first kappa shape index (κ1) is 11.8. The van der Waals surface area contributed by atoms with Crippen molar-refractivity contribution in [2.75, 3.05) is 13.2 Å². The van der Waals surface area contributed by atoms with Gasteiger partial charge in [-0.1, -0.05) is 17.7 Å². The molecule has 1 amide bonds. The summed E-state index contributed by atoms with van der Waals surface area (Å²) in [5, 5.41) is 3.19. The summed E-state index contributed by atoms with van der Waals surface area (Å²) in [4.78, 5) is 11.7. The Bertz CT molecular complexity index is 447. The van der Waals surface area contributed by atoms with E-state index in [-0.39, 0.29) is 12.5 Å². The molecule has 17 heavy (non-hydrogen) atoms. The molecule has 1 unspecified atom stereocenters. The zero-order chi connectivity index (χ0) is 12.3. The van der Waals surface area contributed by atoms with Gasteiger partial charge in [0.1, 0.15) is 6.61 Å². The van der Waals surface area contributed by atoms with Crippen LogP contribution in [0.5, 0.6) is 11.5 Å². The van der Waals surface area contributed by atoms with Gasteiger partial charge >= 0.3 is 0 Å². The molecule has 0 aliphatic carbocycles. The van der Waals surface area contributed by atoms with Crippen molar-refractivity contribution in [2.45, 2.75) is 6.10 Å². The van der Waals surface area contributed by atoms with Gasteiger partial charge in [0.05, 0.1) is 0 Å². The Balaban J connectivity index is 2.07. The van der Waals surface area contributed by atoms with Crippen LogP contribution in [0.25, 0.3) is 0 Å². The molecule has 1 N–H and O–H groups in total. The minimum Gasteiger partial charge on any atom is -0.485 e. The molecule has 0 bridgehead atoms. The fourth-order valence-electron chi connectivity index (χ4n) is 1.46. The zero-order valence-electron chi connectivity index (χ0n) is 9.11. The molecule has 1 aliphatic rings. The molecule has 1 aliphatic heterocycles. The lowest BCUT2D eigenvalue weighted by atomic mass is 10.2. The van der Waals surface area contributed by atoms with Crippen molar-refractivity contribution >= 4 is 17.5 Å². The standard InChI is InChI=1S/C12H12ClNO3/c1-2-5-14-12(15)11-7-16-9-4-3-8(13)6-10(9)17-11/h2-4,6,11H,1,5,7H2,(H,14,15). The quantitative estimate of drug-likeness (QED) is 0.836. The maximum Gasteiger partial charge on any atom is 0.264 e. The molecular weight excluding hydrogens is 242 g/mol. The number of halogens is 1. The lowest BCUT2D eigenvalue weighted by Gasteiger charge is -2.25. The van der Waals surface area contributed by atoms with Gasteiger partial charge in [0.15, 0.2) is 11.5 Å². The Kier molecular flexibility index (Phi) is 3.54. The smallest absolute Gasteiger partial charge is 0.264 e. The predicted molar refractivity (Wildman–Crippen MR) is 64.6 cm³/mol. The van der Waals surface area contributed by atoms with Crippen LogP contribution in [-0.2, 0) is 4.79 Å². The second-order valence-corrected chi connectivity index (χ2v) is 3.98. The third-order valence-corrected chi connectivity index (χ3v) is 2.51. The van der Waals surface area contributed by atoms with E-state index in [0.29, 0.717) is 23.1 Å². The van der Waals surface area contributed by atoms with Crippen molar-refractivity contribution in [3.05, 3.63) is 35.9 Å². The first-order chi connectivity index (χ1) is 8.20. The van der Waals surface area contributed by atoms with Crippen LogP contribution in [0, 0.1) is 0 Å². The lowest BCUT2D eigenvalue weighted by molar-refractivity contribution is -0.130. The van der Waals surface area contributed by atoms with Gasteiger partial charge in [-0.15, -0.1) is 6.58 Å². The van der Waals surface area contributed by atoms with Crippen molar-refractivity contribution in [1.82, 2.24) is 5.32 Å². The summed E-state index contributed by atoms with van der Waals surface area (Å²) < 4.78 is 10.9. The molecule has 1 atom stereocenters.